The Hall–Kier alpha value is -1.68. The van der Waals surface area contributed by atoms with Crippen molar-refractivity contribution in [2.75, 3.05) is 7.05 Å². The van der Waals surface area contributed by atoms with E-state index in [1.54, 1.807) is 0 Å². The van der Waals surface area contributed by atoms with Crippen molar-refractivity contribution in [1.29, 1.82) is 0 Å². The molecule has 20 heavy (non-hydrogen) atoms. The Morgan fingerprint density at radius 3 is 2.65 bits per heavy atom. The fraction of sp³-hybridized carbons (Fsp3) is 0.500. The molecule has 3 rings (SSSR count). The van der Waals surface area contributed by atoms with Crippen molar-refractivity contribution in [3.63, 3.8) is 0 Å². The van der Waals surface area contributed by atoms with Gasteiger partial charge in [0.25, 0.3) is 0 Å². The SMILES string of the molecule is CNC(C)CCc1nc(C2Cc3ccccc3C2)no1. The highest BCUT2D eigenvalue weighted by molar-refractivity contribution is 5.34. The molecule has 1 aromatic carbocycles. The predicted molar refractivity (Wildman–Crippen MR) is 77.7 cm³/mol. The van der Waals surface area contributed by atoms with Crippen LogP contribution in [0.3, 0.4) is 0 Å². The number of hydrogen-bond acceptors (Lipinski definition) is 4. The van der Waals surface area contributed by atoms with Crippen LogP contribution in [-0.2, 0) is 19.3 Å². The lowest BCUT2D eigenvalue weighted by atomic mass is 10.1. The van der Waals surface area contributed by atoms with Crippen molar-refractivity contribution < 1.29 is 4.52 Å². The zero-order chi connectivity index (χ0) is 13.9. The normalized spacial score (nSPS) is 16.3. The quantitative estimate of drug-likeness (QED) is 0.907. The van der Waals surface area contributed by atoms with Crippen LogP contribution in [0.15, 0.2) is 28.8 Å². The number of nitrogens with zero attached hydrogens (tertiary/aromatic N) is 2. The van der Waals surface area contributed by atoms with Crippen LogP contribution < -0.4 is 5.32 Å². The number of aromatic nitrogens is 2. The molecule has 1 heterocycles. The van der Waals surface area contributed by atoms with Gasteiger partial charge in [-0.2, -0.15) is 4.98 Å². The average molecular weight is 271 g/mol. The number of hydrogen-bond donors (Lipinski definition) is 1. The van der Waals surface area contributed by atoms with E-state index < -0.39 is 0 Å². The molecule has 1 unspecified atom stereocenters. The first-order chi connectivity index (χ1) is 9.76. The third kappa shape index (κ3) is 2.75. The lowest BCUT2D eigenvalue weighted by Gasteiger charge is -2.06. The summed E-state index contributed by atoms with van der Waals surface area (Å²) in [5, 5.41) is 7.40. The minimum atomic E-state index is 0.381. The van der Waals surface area contributed by atoms with E-state index in [4.69, 9.17) is 4.52 Å². The molecular weight excluding hydrogens is 250 g/mol. The summed E-state index contributed by atoms with van der Waals surface area (Å²) in [4.78, 5) is 4.58. The third-order valence-corrected chi connectivity index (χ3v) is 4.18. The number of rotatable bonds is 5. The summed E-state index contributed by atoms with van der Waals surface area (Å²) < 4.78 is 5.38. The van der Waals surface area contributed by atoms with Gasteiger partial charge in [0.05, 0.1) is 0 Å². The minimum Gasteiger partial charge on any atom is -0.339 e. The summed E-state index contributed by atoms with van der Waals surface area (Å²) in [6, 6.07) is 9.07. The number of benzene rings is 1. The van der Waals surface area contributed by atoms with Gasteiger partial charge in [0.2, 0.25) is 5.89 Å². The molecule has 0 bridgehead atoms. The molecule has 0 saturated carbocycles. The van der Waals surface area contributed by atoms with E-state index in [0.717, 1.165) is 37.4 Å². The van der Waals surface area contributed by atoms with Crippen molar-refractivity contribution in [3.05, 3.63) is 47.1 Å². The van der Waals surface area contributed by atoms with Gasteiger partial charge >= 0.3 is 0 Å². The van der Waals surface area contributed by atoms with Crippen LogP contribution in [-0.4, -0.2) is 23.2 Å². The Morgan fingerprint density at radius 1 is 1.30 bits per heavy atom. The summed E-state index contributed by atoms with van der Waals surface area (Å²) in [5.41, 5.74) is 2.85. The van der Waals surface area contributed by atoms with E-state index in [9.17, 15) is 0 Å². The molecule has 0 saturated heterocycles. The molecule has 1 aliphatic carbocycles. The van der Waals surface area contributed by atoms with Gasteiger partial charge in [-0.3, -0.25) is 0 Å². The van der Waals surface area contributed by atoms with Gasteiger partial charge in [0.1, 0.15) is 0 Å². The maximum absolute atomic E-state index is 5.38. The molecule has 0 amide bonds. The third-order valence-electron chi connectivity index (χ3n) is 4.18. The van der Waals surface area contributed by atoms with Gasteiger partial charge in [0, 0.05) is 18.4 Å². The molecule has 1 aliphatic rings. The molecule has 1 aromatic heterocycles. The van der Waals surface area contributed by atoms with Crippen LogP contribution in [0.25, 0.3) is 0 Å². The molecule has 4 nitrogen and oxygen atoms in total. The standard InChI is InChI=1S/C16H21N3O/c1-11(17-2)7-8-15-18-16(19-20-15)14-9-12-5-3-4-6-13(12)10-14/h3-6,11,14,17H,7-10H2,1-2H3. The summed E-state index contributed by atoms with van der Waals surface area (Å²) in [5.74, 6) is 2.01. The van der Waals surface area contributed by atoms with E-state index in [-0.39, 0.29) is 0 Å². The molecule has 4 heteroatoms. The van der Waals surface area contributed by atoms with Crippen LogP contribution in [0.4, 0.5) is 0 Å². The summed E-state index contributed by atoms with van der Waals surface area (Å²) >= 11 is 0. The summed E-state index contributed by atoms with van der Waals surface area (Å²) in [6.45, 7) is 2.16. The summed E-state index contributed by atoms with van der Waals surface area (Å²) in [6.07, 6.45) is 3.92. The maximum atomic E-state index is 5.38. The van der Waals surface area contributed by atoms with E-state index in [0.29, 0.717) is 12.0 Å². The number of fused-ring (bicyclic) bond motifs is 1. The van der Waals surface area contributed by atoms with Crippen LogP contribution in [0.2, 0.25) is 0 Å². The molecule has 0 aliphatic heterocycles. The Morgan fingerprint density at radius 2 is 2.00 bits per heavy atom. The minimum absolute atomic E-state index is 0.381. The lowest BCUT2D eigenvalue weighted by molar-refractivity contribution is 0.361. The Labute approximate surface area is 119 Å². The van der Waals surface area contributed by atoms with Crippen LogP contribution >= 0.6 is 0 Å². The second-order valence-electron chi connectivity index (χ2n) is 5.65. The molecule has 0 spiro atoms. The summed E-state index contributed by atoms with van der Waals surface area (Å²) in [7, 11) is 1.97. The average Bonchev–Trinajstić information content (AvgIpc) is 3.10. The van der Waals surface area contributed by atoms with Crippen molar-refractivity contribution in [3.8, 4) is 0 Å². The smallest absolute Gasteiger partial charge is 0.226 e. The maximum Gasteiger partial charge on any atom is 0.226 e. The second-order valence-corrected chi connectivity index (χ2v) is 5.65. The molecule has 2 aromatic rings. The van der Waals surface area contributed by atoms with Gasteiger partial charge in [0.15, 0.2) is 5.82 Å². The van der Waals surface area contributed by atoms with Crippen LogP contribution in [0, 0.1) is 0 Å². The molecular formula is C16H21N3O. The molecule has 0 radical (unpaired) electrons. The number of aryl methyl sites for hydroxylation is 1. The van der Waals surface area contributed by atoms with Crippen LogP contribution in [0.1, 0.15) is 42.1 Å². The van der Waals surface area contributed by atoms with Crippen molar-refractivity contribution in [2.45, 2.75) is 44.6 Å². The van der Waals surface area contributed by atoms with Crippen molar-refractivity contribution >= 4 is 0 Å². The van der Waals surface area contributed by atoms with Gasteiger partial charge in [-0.1, -0.05) is 29.4 Å². The lowest BCUT2D eigenvalue weighted by Crippen LogP contribution is -2.21. The van der Waals surface area contributed by atoms with E-state index in [2.05, 4.69) is 46.6 Å². The highest BCUT2D eigenvalue weighted by atomic mass is 16.5. The predicted octanol–water partition coefficient (Wildman–Crippen LogP) is 2.49. The fourth-order valence-electron chi connectivity index (χ4n) is 2.76. The fourth-order valence-corrected chi connectivity index (χ4v) is 2.76. The zero-order valence-electron chi connectivity index (χ0n) is 12.1. The van der Waals surface area contributed by atoms with E-state index in [1.807, 2.05) is 7.05 Å². The Bertz CT molecular complexity index is 554. The Balaban J connectivity index is 1.64. The van der Waals surface area contributed by atoms with Gasteiger partial charge < -0.3 is 9.84 Å². The van der Waals surface area contributed by atoms with Gasteiger partial charge in [-0.25, -0.2) is 0 Å². The van der Waals surface area contributed by atoms with Gasteiger partial charge in [-0.15, -0.1) is 0 Å². The number of nitrogens with one attached hydrogen (secondary N) is 1. The zero-order valence-corrected chi connectivity index (χ0v) is 12.1. The molecule has 0 fully saturated rings. The second kappa shape index (κ2) is 5.75. The first-order valence-electron chi connectivity index (χ1n) is 7.32. The van der Waals surface area contributed by atoms with Gasteiger partial charge in [-0.05, 0) is 44.4 Å². The van der Waals surface area contributed by atoms with Crippen molar-refractivity contribution in [2.24, 2.45) is 0 Å². The van der Waals surface area contributed by atoms with E-state index >= 15 is 0 Å². The molecule has 106 valence electrons. The molecule has 1 atom stereocenters. The molecule has 1 N–H and O–H groups in total. The van der Waals surface area contributed by atoms with Crippen molar-refractivity contribution in [1.82, 2.24) is 15.5 Å². The van der Waals surface area contributed by atoms with Crippen LogP contribution in [0.5, 0.6) is 0 Å². The van der Waals surface area contributed by atoms with E-state index in [1.165, 1.54) is 11.1 Å². The first-order valence-corrected chi connectivity index (χ1v) is 7.32. The monoisotopic (exact) mass is 271 g/mol. The largest absolute Gasteiger partial charge is 0.339 e. The topological polar surface area (TPSA) is 51.0 Å². The first kappa shape index (κ1) is 13.3. The highest BCUT2D eigenvalue weighted by Gasteiger charge is 2.26. The Kier molecular flexibility index (Phi) is 3.83. The highest BCUT2D eigenvalue weighted by Crippen LogP contribution is 2.32.